The van der Waals surface area contributed by atoms with E-state index < -0.39 is 0 Å². The Kier molecular flexibility index (Phi) is 4.99. The van der Waals surface area contributed by atoms with Crippen LogP contribution < -0.4 is 10.2 Å². The molecule has 20 heavy (non-hydrogen) atoms. The highest BCUT2D eigenvalue weighted by atomic mass is 35.5. The van der Waals surface area contributed by atoms with Crippen LogP contribution >= 0.6 is 11.6 Å². The number of hydrogen-bond acceptors (Lipinski definition) is 3. The number of halogens is 1. The molecule has 0 fully saturated rings. The third-order valence-corrected chi connectivity index (χ3v) is 3.83. The Bertz CT molecular complexity index is 554. The van der Waals surface area contributed by atoms with Crippen molar-refractivity contribution in [2.45, 2.75) is 19.5 Å². The second kappa shape index (κ2) is 6.73. The second-order valence-corrected chi connectivity index (χ2v) is 5.31. The lowest BCUT2D eigenvalue weighted by Gasteiger charge is -2.20. The minimum atomic E-state index is 0.311. The molecule has 0 aliphatic rings. The Morgan fingerprint density at radius 1 is 1.25 bits per heavy atom. The molecule has 0 aliphatic carbocycles. The summed E-state index contributed by atoms with van der Waals surface area (Å²) in [6.07, 6.45) is 1.92. The Labute approximate surface area is 125 Å². The van der Waals surface area contributed by atoms with E-state index in [1.807, 2.05) is 50.6 Å². The molecule has 0 radical (unpaired) electrons. The summed E-state index contributed by atoms with van der Waals surface area (Å²) in [7, 11) is 3.97. The fraction of sp³-hybridized carbons (Fsp3) is 0.312. The van der Waals surface area contributed by atoms with Crippen molar-refractivity contribution in [3.05, 3.63) is 58.7 Å². The van der Waals surface area contributed by atoms with E-state index in [0.717, 1.165) is 22.9 Å². The zero-order chi connectivity index (χ0) is 14.5. The number of pyridine rings is 1. The summed E-state index contributed by atoms with van der Waals surface area (Å²) in [6.45, 7) is 2.86. The monoisotopic (exact) mass is 289 g/mol. The number of anilines is 1. The van der Waals surface area contributed by atoms with Crippen molar-refractivity contribution in [1.82, 2.24) is 10.3 Å². The molecule has 2 aromatic rings. The highest BCUT2D eigenvalue weighted by Crippen LogP contribution is 2.20. The average Bonchev–Trinajstić information content (AvgIpc) is 2.49. The fourth-order valence-electron chi connectivity index (χ4n) is 2.01. The normalized spacial score (nSPS) is 12.2. The maximum absolute atomic E-state index is 6.19. The quantitative estimate of drug-likeness (QED) is 0.911. The molecule has 0 saturated carbocycles. The Balaban J connectivity index is 2.10. The Hall–Kier alpha value is -1.58. The molecule has 1 unspecified atom stereocenters. The number of benzene rings is 1. The minimum absolute atomic E-state index is 0.311. The van der Waals surface area contributed by atoms with Crippen LogP contribution in [0.15, 0.2) is 42.6 Å². The molecule has 0 bridgehead atoms. The molecule has 0 spiro atoms. The SMILES string of the molecule is CNC(C)c1ccc(N(C)Cc2ccccc2Cl)nc1. The summed E-state index contributed by atoms with van der Waals surface area (Å²) in [6, 6.07) is 12.3. The Morgan fingerprint density at radius 3 is 2.60 bits per heavy atom. The van der Waals surface area contributed by atoms with Crippen molar-refractivity contribution in [2.75, 3.05) is 19.0 Å². The predicted molar refractivity (Wildman–Crippen MR) is 85.3 cm³/mol. The summed E-state index contributed by atoms with van der Waals surface area (Å²) in [5, 5.41) is 4.00. The first kappa shape index (κ1) is 14.8. The summed E-state index contributed by atoms with van der Waals surface area (Å²) in [5.41, 5.74) is 2.29. The van der Waals surface area contributed by atoms with Crippen LogP contribution in [0.2, 0.25) is 5.02 Å². The van der Waals surface area contributed by atoms with Crippen molar-refractivity contribution in [1.29, 1.82) is 0 Å². The molecular formula is C16H20ClN3. The van der Waals surface area contributed by atoms with E-state index in [-0.39, 0.29) is 0 Å². The average molecular weight is 290 g/mol. The molecule has 0 amide bonds. The van der Waals surface area contributed by atoms with Crippen molar-refractivity contribution in [3.63, 3.8) is 0 Å². The molecule has 1 N–H and O–H groups in total. The van der Waals surface area contributed by atoms with Crippen LogP contribution in [0.5, 0.6) is 0 Å². The van der Waals surface area contributed by atoms with Crippen molar-refractivity contribution < 1.29 is 0 Å². The fourth-order valence-corrected chi connectivity index (χ4v) is 2.20. The van der Waals surface area contributed by atoms with E-state index in [1.54, 1.807) is 0 Å². The molecule has 0 saturated heterocycles. The summed E-state index contributed by atoms with van der Waals surface area (Å²) < 4.78 is 0. The van der Waals surface area contributed by atoms with Gasteiger partial charge in [0.1, 0.15) is 5.82 Å². The zero-order valence-electron chi connectivity index (χ0n) is 12.1. The molecule has 4 heteroatoms. The van der Waals surface area contributed by atoms with Gasteiger partial charge in [-0.1, -0.05) is 35.9 Å². The zero-order valence-corrected chi connectivity index (χ0v) is 12.9. The largest absolute Gasteiger partial charge is 0.355 e. The Morgan fingerprint density at radius 2 is 2.00 bits per heavy atom. The molecule has 2 rings (SSSR count). The third kappa shape index (κ3) is 3.50. The first-order valence-corrected chi connectivity index (χ1v) is 7.07. The highest BCUT2D eigenvalue weighted by Gasteiger charge is 2.08. The molecule has 1 aromatic carbocycles. The van der Waals surface area contributed by atoms with Crippen LogP contribution in [-0.4, -0.2) is 19.1 Å². The van der Waals surface area contributed by atoms with Crippen LogP contribution in [-0.2, 0) is 6.54 Å². The number of nitrogens with zero attached hydrogens (tertiary/aromatic N) is 2. The van der Waals surface area contributed by atoms with E-state index in [4.69, 9.17) is 11.6 Å². The highest BCUT2D eigenvalue weighted by molar-refractivity contribution is 6.31. The first-order chi connectivity index (χ1) is 9.61. The molecule has 1 heterocycles. The lowest BCUT2D eigenvalue weighted by molar-refractivity contribution is 0.649. The summed E-state index contributed by atoms with van der Waals surface area (Å²) in [5.74, 6) is 0.942. The molecule has 106 valence electrons. The van der Waals surface area contributed by atoms with Gasteiger partial charge in [-0.2, -0.15) is 0 Å². The van der Waals surface area contributed by atoms with Crippen LogP contribution in [0.25, 0.3) is 0 Å². The van der Waals surface area contributed by atoms with Gasteiger partial charge in [0.05, 0.1) is 0 Å². The van der Waals surface area contributed by atoms with Crippen molar-refractivity contribution >= 4 is 17.4 Å². The van der Waals surface area contributed by atoms with Gasteiger partial charge in [0.25, 0.3) is 0 Å². The molecule has 0 aliphatic heterocycles. The molecule has 1 aromatic heterocycles. The van der Waals surface area contributed by atoms with Gasteiger partial charge in [0.15, 0.2) is 0 Å². The van der Waals surface area contributed by atoms with Gasteiger partial charge in [-0.05, 0) is 37.2 Å². The number of aromatic nitrogens is 1. The first-order valence-electron chi connectivity index (χ1n) is 6.69. The van der Waals surface area contributed by atoms with Crippen LogP contribution in [0.1, 0.15) is 24.1 Å². The lowest BCUT2D eigenvalue weighted by atomic mass is 10.1. The summed E-state index contributed by atoms with van der Waals surface area (Å²) >= 11 is 6.19. The topological polar surface area (TPSA) is 28.2 Å². The number of hydrogen-bond donors (Lipinski definition) is 1. The predicted octanol–water partition coefficient (Wildman–Crippen LogP) is 3.65. The van der Waals surface area contributed by atoms with Crippen LogP contribution in [0, 0.1) is 0 Å². The minimum Gasteiger partial charge on any atom is -0.355 e. The second-order valence-electron chi connectivity index (χ2n) is 4.91. The van der Waals surface area contributed by atoms with Gasteiger partial charge >= 0.3 is 0 Å². The van der Waals surface area contributed by atoms with Gasteiger partial charge in [0, 0.05) is 30.9 Å². The number of nitrogens with one attached hydrogen (secondary N) is 1. The maximum atomic E-state index is 6.19. The van der Waals surface area contributed by atoms with Gasteiger partial charge < -0.3 is 10.2 Å². The van der Waals surface area contributed by atoms with Crippen LogP contribution in [0.3, 0.4) is 0 Å². The van der Waals surface area contributed by atoms with Crippen molar-refractivity contribution in [2.24, 2.45) is 0 Å². The maximum Gasteiger partial charge on any atom is 0.128 e. The van der Waals surface area contributed by atoms with Gasteiger partial charge in [-0.3, -0.25) is 0 Å². The molecule has 1 atom stereocenters. The van der Waals surface area contributed by atoms with Gasteiger partial charge in [-0.15, -0.1) is 0 Å². The smallest absolute Gasteiger partial charge is 0.128 e. The number of rotatable bonds is 5. The van der Waals surface area contributed by atoms with Gasteiger partial charge in [0.2, 0.25) is 0 Å². The van der Waals surface area contributed by atoms with E-state index >= 15 is 0 Å². The molecule has 3 nitrogen and oxygen atoms in total. The standard InChI is InChI=1S/C16H20ClN3/c1-12(18-2)13-8-9-16(19-10-13)20(3)11-14-6-4-5-7-15(14)17/h4-10,12,18H,11H2,1-3H3. The van der Waals surface area contributed by atoms with E-state index in [9.17, 15) is 0 Å². The van der Waals surface area contributed by atoms with E-state index in [0.29, 0.717) is 6.04 Å². The third-order valence-electron chi connectivity index (χ3n) is 3.46. The van der Waals surface area contributed by atoms with Crippen LogP contribution in [0.4, 0.5) is 5.82 Å². The lowest BCUT2D eigenvalue weighted by Crippen LogP contribution is -2.18. The van der Waals surface area contributed by atoms with Gasteiger partial charge in [-0.25, -0.2) is 4.98 Å². The van der Waals surface area contributed by atoms with E-state index in [2.05, 4.69) is 28.2 Å². The van der Waals surface area contributed by atoms with E-state index in [1.165, 1.54) is 5.56 Å². The van der Waals surface area contributed by atoms with Crippen molar-refractivity contribution in [3.8, 4) is 0 Å². The summed E-state index contributed by atoms with van der Waals surface area (Å²) in [4.78, 5) is 6.61. The molecular weight excluding hydrogens is 270 g/mol.